The minimum atomic E-state index is -1.41. The fraction of sp³-hybridized carbons (Fsp3) is 0.323. The smallest absolute Gasteiger partial charge is 0.329 e. The van der Waals surface area contributed by atoms with Gasteiger partial charge >= 0.3 is 5.97 Å². The molecule has 42 heavy (non-hydrogen) atoms. The number of aliphatic hydroxyl groups excluding tert-OH is 1. The molecular weight excluding hydrogens is 540 g/mol. The van der Waals surface area contributed by atoms with Crippen molar-refractivity contribution in [2.24, 2.45) is 5.92 Å². The molecule has 6 atom stereocenters. The third-order valence-electron chi connectivity index (χ3n) is 7.22. The predicted octanol–water partition coefficient (Wildman–Crippen LogP) is 1.28. The van der Waals surface area contributed by atoms with Crippen LogP contribution in [0.15, 0.2) is 79.1 Å². The second-order valence-electron chi connectivity index (χ2n) is 10.3. The Balaban J connectivity index is 1.69. The number of phenols is 1. The third-order valence-corrected chi connectivity index (χ3v) is 7.22. The van der Waals surface area contributed by atoms with E-state index < -0.39 is 59.9 Å². The van der Waals surface area contributed by atoms with Gasteiger partial charge in [0.15, 0.2) is 0 Å². The van der Waals surface area contributed by atoms with Crippen molar-refractivity contribution in [3.63, 3.8) is 0 Å². The van der Waals surface area contributed by atoms with E-state index in [1.54, 1.807) is 60.9 Å². The minimum Gasteiger partial charge on any atom is -0.507 e. The monoisotopic (exact) mass is 574 g/mol. The number of ether oxygens (including phenoxy) is 1. The number of carbonyl (C=O) groups is 4. The van der Waals surface area contributed by atoms with E-state index in [4.69, 9.17) is 4.74 Å². The van der Waals surface area contributed by atoms with Crippen LogP contribution < -0.4 is 16.0 Å². The summed E-state index contributed by atoms with van der Waals surface area (Å²) >= 11 is 0. The largest absolute Gasteiger partial charge is 0.507 e. The first-order valence-corrected chi connectivity index (χ1v) is 13.6. The van der Waals surface area contributed by atoms with Crippen LogP contribution in [0.4, 0.5) is 0 Å². The van der Waals surface area contributed by atoms with E-state index in [-0.39, 0.29) is 24.2 Å². The number of benzene rings is 2. The fourth-order valence-corrected chi connectivity index (χ4v) is 4.77. The van der Waals surface area contributed by atoms with Crippen LogP contribution in [-0.4, -0.2) is 69.2 Å². The Hall–Kier alpha value is -4.77. The van der Waals surface area contributed by atoms with Crippen LogP contribution in [0.3, 0.4) is 0 Å². The van der Waals surface area contributed by atoms with E-state index in [1.807, 2.05) is 6.07 Å². The summed E-state index contributed by atoms with van der Waals surface area (Å²) in [4.78, 5) is 57.5. The summed E-state index contributed by atoms with van der Waals surface area (Å²) in [5.41, 5.74) is 1.37. The molecule has 1 aliphatic heterocycles. The van der Waals surface area contributed by atoms with E-state index in [0.29, 0.717) is 5.56 Å². The quantitative estimate of drug-likeness (QED) is 0.275. The number of aromatic hydroxyl groups is 1. The van der Waals surface area contributed by atoms with Crippen LogP contribution in [0.25, 0.3) is 0 Å². The lowest BCUT2D eigenvalue weighted by atomic mass is 9.91. The van der Waals surface area contributed by atoms with Gasteiger partial charge in [-0.25, -0.2) is 4.79 Å². The molecule has 0 radical (unpaired) electrons. The van der Waals surface area contributed by atoms with Gasteiger partial charge in [0.1, 0.15) is 23.9 Å². The van der Waals surface area contributed by atoms with Crippen LogP contribution in [0.2, 0.25) is 0 Å². The number of hydrogen-bond donors (Lipinski definition) is 5. The number of rotatable bonds is 6. The highest BCUT2D eigenvalue weighted by atomic mass is 16.5. The van der Waals surface area contributed by atoms with Crippen molar-refractivity contribution in [1.82, 2.24) is 20.9 Å². The average molecular weight is 575 g/mol. The maximum Gasteiger partial charge on any atom is 0.329 e. The maximum atomic E-state index is 13.7. The number of nitrogens with one attached hydrogen (secondary N) is 3. The SMILES string of the molecule is C[C@H]1OC(=O)C(Cc2ccccc2)NC(=O)[C@H](C)[C@H](O)[C@H](Cc2cccnc2)NC(=O)[C@H]1NC(=O)c1ccccc1O. The summed E-state index contributed by atoms with van der Waals surface area (Å²) in [6.45, 7) is 2.94. The molecular formula is C31H34N4O7. The third kappa shape index (κ3) is 7.49. The number of pyridine rings is 1. The molecule has 1 aromatic heterocycles. The summed E-state index contributed by atoms with van der Waals surface area (Å²) in [6, 6.07) is 14.8. The van der Waals surface area contributed by atoms with Crippen molar-refractivity contribution < 1.29 is 34.1 Å². The molecule has 1 fully saturated rings. The number of phenolic OH excluding ortho intramolecular Hbond substituents is 1. The number of aliphatic hydroxyl groups is 1. The highest BCUT2D eigenvalue weighted by molar-refractivity contribution is 6.00. The molecule has 3 aromatic rings. The van der Waals surface area contributed by atoms with Crippen LogP contribution in [0.5, 0.6) is 5.75 Å². The molecule has 1 unspecified atom stereocenters. The second-order valence-corrected chi connectivity index (χ2v) is 10.3. The van der Waals surface area contributed by atoms with E-state index >= 15 is 0 Å². The molecule has 3 amide bonds. The molecule has 1 aliphatic rings. The molecule has 5 N–H and O–H groups in total. The molecule has 0 aliphatic carbocycles. The molecule has 0 bridgehead atoms. The Morgan fingerprint density at radius 2 is 1.60 bits per heavy atom. The summed E-state index contributed by atoms with van der Waals surface area (Å²) in [7, 11) is 0. The van der Waals surface area contributed by atoms with Gasteiger partial charge in [-0.1, -0.05) is 55.5 Å². The number of amides is 3. The number of hydrogen-bond acceptors (Lipinski definition) is 8. The Bertz CT molecular complexity index is 1400. The molecule has 2 heterocycles. The Morgan fingerprint density at radius 3 is 2.29 bits per heavy atom. The summed E-state index contributed by atoms with van der Waals surface area (Å²) < 4.78 is 5.66. The Labute approximate surface area is 243 Å². The normalized spacial score (nSPS) is 25.2. The lowest BCUT2D eigenvalue weighted by Gasteiger charge is -2.33. The maximum absolute atomic E-state index is 13.7. The first-order valence-electron chi connectivity index (χ1n) is 13.6. The number of para-hydroxylation sites is 1. The van der Waals surface area contributed by atoms with Crippen LogP contribution in [-0.2, 0) is 32.0 Å². The summed E-state index contributed by atoms with van der Waals surface area (Å²) in [5, 5.41) is 29.5. The van der Waals surface area contributed by atoms with Gasteiger partial charge in [0.05, 0.1) is 23.6 Å². The number of nitrogens with zero attached hydrogens (tertiary/aromatic N) is 1. The molecule has 220 valence electrons. The minimum absolute atomic E-state index is 0.0790. The molecule has 11 nitrogen and oxygen atoms in total. The molecule has 1 saturated heterocycles. The van der Waals surface area contributed by atoms with Crippen LogP contribution in [0, 0.1) is 5.92 Å². The number of cyclic esters (lactones) is 1. The fourth-order valence-electron chi connectivity index (χ4n) is 4.77. The van der Waals surface area contributed by atoms with Gasteiger partial charge in [0, 0.05) is 18.8 Å². The van der Waals surface area contributed by atoms with Gasteiger partial charge in [-0.3, -0.25) is 19.4 Å². The zero-order valence-corrected chi connectivity index (χ0v) is 23.3. The lowest BCUT2D eigenvalue weighted by Crippen LogP contribution is -2.60. The number of carbonyl (C=O) groups excluding carboxylic acids is 4. The molecule has 0 saturated carbocycles. The van der Waals surface area contributed by atoms with Gasteiger partial charge in [0.2, 0.25) is 11.8 Å². The molecule has 4 rings (SSSR count). The lowest BCUT2D eigenvalue weighted by molar-refractivity contribution is -0.156. The zero-order chi connectivity index (χ0) is 30.2. The van der Waals surface area contributed by atoms with Crippen molar-refractivity contribution in [2.45, 2.75) is 57.0 Å². The van der Waals surface area contributed by atoms with E-state index in [2.05, 4.69) is 20.9 Å². The number of esters is 1. The first kappa shape index (κ1) is 30.2. The highest BCUT2D eigenvalue weighted by Crippen LogP contribution is 2.19. The Kier molecular flexibility index (Phi) is 9.87. The predicted molar refractivity (Wildman–Crippen MR) is 152 cm³/mol. The molecule has 0 spiro atoms. The van der Waals surface area contributed by atoms with Crippen molar-refractivity contribution in [1.29, 1.82) is 0 Å². The van der Waals surface area contributed by atoms with E-state index in [9.17, 15) is 29.4 Å². The van der Waals surface area contributed by atoms with Crippen LogP contribution >= 0.6 is 0 Å². The molecule has 2 aromatic carbocycles. The summed E-state index contributed by atoms with van der Waals surface area (Å²) in [6.07, 6.45) is 0.823. The van der Waals surface area contributed by atoms with E-state index in [0.717, 1.165) is 5.56 Å². The standard InChI is InChI=1S/C31H34N4O7/c1-18-27(37)23(16-21-11-8-14-32-17-21)33-30(40)26(35-29(39)22-12-6-7-13-25(22)36)19(2)42-31(41)24(34-28(18)38)15-20-9-4-3-5-10-20/h3-14,17-19,23-24,26-27,36-37H,15-16H2,1-2H3,(H,33,40)(H,34,38)(H,35,39)/t18-,19-,23+,24?,26+,27+/m1/s1. The van der Waals surface area contributed by atoms with E-state index in [1.165, 1.54) is 26.0 Å². The zero-order valence-electron chi connectivity index (χ0n) is 23.3. The highest BCUT2D eigenvalue weighted by Gasteiger charge is 2.39. The average Bonchev–Trinajstić information content (AvgIpc) is 2.99. The topological polar surface area (TPSA) is 167 Å². The van der Waals surface area contributed by atoms with Gasteiger partial charge in [-0.05, 0) is 42.7 Å². The van der Waals surface area contributed by atoms with Gasteiger partial charge in [-0.2, -0.15) is 0 Å². The van der Waals surface area contributed by atoms with Crippen molar-refractivity contribution in [2.75, 3.05) is 0 Å². The van der Waals surface area contributed by atoms with Gasteiger partial charge < -0.3 is 30.9 Å². The molecule has 11 heteroatoms. The van der Waals surface area contributed by atoms with Crippen molar-refractivity contribution in [3.05, 3.63) is 95.8 Å². The second kappa shape index (κ2) is 13.7. The van der Waals surface area contributed by atoms with Gasteiger partial charge in [-0.15, -0.1) is 0 Å². The van der Waals surface area contributed by atoms with Crippen LogP contribution in [0.1, 0.15) is 35.3 Å². The first-order chi connectivity index (χ1) is 20.1. The van der Waals surface area contributed by atoms with Crippen molar-refractivity contribution in [3.8, 4) is 5.75 Å². The summed E-state index contributed by atoms with van der Waals surface area (Å²) in [5.74, 6) is -4.26. The van der Waals surface area contributed by atoms with Gasteiger partial charge in [0.25, 0.3) is 5.91 Å². The Morgan fingerprint density at radius 1 is 0.905 bits per heavy atom. The van der Waals surface area contributed by atoms with Crippen molar-refractivity contribution >= 4 is 23.7 Å². The number of aromatic nitrogens is 1.